The van der Waals surface area contributed by atoms with E-state index in [1.54, 1.807) is 23.9 Å². The highest BCUT2D eigenvalue weighted by Gasteiger charge is 2.25. The van der Waals surface area contributed by atoms with Gasteiger partial charge in [-0.25, -0.2) is 4.98 Å². The largest absolute Gasteiger partial charge is 0.472 e. The molecule has 1 aliphatic rings. The van der Waals surface area contributed by atoms with Gasteiger partial charge >= 0.3 is 0 Å². The second-order valence-corrected chi connectivity index (χ2v) is 5.12. The van der Waals surface area contributed by atoms with E-state index >= 15 is 0 Å². The molecule has 2 aromatic rings. The zero-order valence-corrected chi connectivity index (χ0v) is 9.80. The maximum atomic E-state index is 5.01. The van der Waals surface area contributed by atoms with E-state index in [-0.39, 0.29) is 0 Å². The van der Waals surface area contributed by atoms with E-state index in [0.29, 0.717) is 0 Å². The molecule has 0 bridgehead atoms. The molecule has 1 fully saturated rings. The number of aromatic nitrogens is 1. The Balaban J connectivity index is 1.50. The van der Waals surface area contributed by atoms with Gasteiger partial charge in [0.2, 0.25) is 0 Å². The van der Waals surface area contributed by atoms with Crippen LogP contribution in [-0.2, 0) is 13.1 Å². The van der Waals surface area contributed by atoms with E-state index < -0.39 is 0 Å². The Labute approximate surface area is 98.5 Å². The highest BCUT2D eigenvalue weighted by molar-refractivity contribution is 7.09. The second kappa shape index (κ2) is 4.39. The van der Waals surface area contributed by atoms with Gasteiger partial charge in [0.25, 0.3) is 0 Å². The van der Waals surface area contributed by atoms with Crippen LogP contribution < -0.4 is 5.32 Å². The van der Waals surface area contributed by atoms with Crippen LogP contribution in [0.3, 0.4) is 0 Å². The lowest BCUT2D eigenvalue weighted by Crippen LogP contribution is -2.11. The first-order valence-electron chi connectivity index (χ1n) is 5.58. The summed E-state index contributed by atoms with van der Waals surface area (Å²) >= 11 is 1.76. The Morgan fingerprint density at radius 2 is 2.38 bits per heavy atom. The van der Waals surface area contributed by atoms with Crippen molar-refractivity contribution >= 4 is 11.3 Å². The first kappa shape index (κ1) is 10.1. The molecule has 2 heterocycles. The molecule has 4 heteroatoms. The van der Waals surface area contributed by atoms with Gasteiger partial charge in [-0.2, -0.15) is 0 Å². The molecule has 1 aliphatic carbocycles. The molecule has 0 radical (unpaired) electrons. The zero-order valence-electron chi connectivity index (χ0n) is 8.98. The molecule has 1 N–H and O–H groups in total. The maximum absolute atomic E-state index is 5.01. The van der Waals surface area contributed by atoms with Crippen molar-refractivity contribution in [1.29, 1.82) is 0 Å². The van der Waals surface area contributed by atoms with Crippen molar-refractivity contribution in [2.45, 2.75) is 31.8 Å². The molecule has 1 saturated carbocycles. The summed E-state index contributed by atoms with van der Waals surface area (Å²) in [6, 6.07) is 1.98. The van der Waals surface area contributed by atoms with Gasteiger partial charge in [0.05, 0.1) is 18.2 Å². The van der Waals surface area contributed by atoms with Crippen molar-refractivity contribution in [2.75, 3.05) is 0 Å². The lowest BCUT2D eigenvalue weighted by molar-refractivity contribution is 0.560. The number of hydrogen-bond donors (Lipinski definition) is 1. The first-order valence-corrected chi connectivity index (χ1v) is 6.46. The number of furan rings is 1. The van der Waals surface area contributed by atoms with Gasteiger partial charge in [0.15, 0.2) is 0 Å². The zero-order chi connectivity index (χ0) is 10.8. The minimum atomic E-state index is 0.763. The van der Waals surface area contributed by atoms with Crippen molar-refractivity contribution in [1.82, 2.24) is 10.3 Å². The molecule has 16 heavy (non-hydrogen) atoms. The predicted octanol–water partition coefficient (Wildman–Crippen LogP) is 2.90. The maximum Gasteiger partial charge on any atom is 0.107 e. The van der Waals surface area contributed by atoms with Crippen molar-refractivity contribution in [3.05, 3.63) is 40.2 Å². The summed E-state index contributed by atoms with van der Waals surface area (Å²) in [5, 5.41) is 6.75. The van der Waals surface area contributed by atoms with Crippen LogP contribution in [0.1, 0.15) is 35.0 Å². The van der Waals surface area contributed by atoms with Gasteiger partial charge < -0.3 is 9.73 Å². The van der Waals surface area contributed by atoms with Crippen LogP contribution >= 0.6 is 11.3 Å². The average Bonchev–Trinajstić information content (AvgIpc) is 2.83. The highest BCUT2D eigenvalue weighted by atomic mass is 32.1. The molecule has 0 saturated heterocycles. The Morgan fingerprint density at radius 1 is 1.44 bits per heavy atom. The van der Waals surface area contributed by atoms with Crippen molar-refractivity contribution < 1.29 is 4.42 Å². The van der Waals surface area contributed by atoms with E-state index in [1.807, 2.05) is 6.07 Å². The van der Waals surface area contributed by atoms with Crippen LogP contribution in [0.25, 0.3) is 0 Å². The fourth-order valence-corrected chi connectivity index (χ4v) is 2.53. The molecule has 3 rings (SSSR count). The predicted molar refractivity (Wildman–Crippen MR) is 63.3 cm³/mol. The third-order valence-electron chi connectivity index (χ3n) is 2.75. The summed E-state index contributed by atoms with van der Waals surface area (Å²) in [6.45, 7) is 1.69. The molecule has 84 valence electrons. The fourth-order valence-electron chi connectivity index (χ4n) is 1.68. The van der Waals surface area contributed by atoms with Crippen molar-refractivity contribution in [3.8, 4) is 0 Å². The number of nitrogens with zero attached hydrogens (tertiary/aromatic N) is 1. The van der Waals surface area contributed by atoms with E-state index in [9.17, 15) is 0 Å². The van der Waals surface area contributed by atoms with Crippen LogP contribution in [0.15, 0.2) is 28.4 Å². The van der Waals surface area contributed by atoms with E-state index in [0.717, 1.165) is 19.0 Å². The summed E-state index contributed by atoms with van der Waals surface area (Å²) < 4.78 is 5.01. The summed E-state index contributed by atoms with van der Waals surface area (Å²) in [5.74, 6) is 0.763. The molecule has 3 nitrogen and oxygen atoms in total. The molecular formula is C12H14N2OS. The Morgan fingerprint density at radius 3 is 3.12 bits per heavy atom. The number of rotatable bonds is 5. The molecule has 0 spiro atoms. The summed E-state index contributed by atoms with van der Waals surface area (Å²) in [5.41, 5.74) is 2.48. The third-order valence-corrected chi connectivity index (χ3v) is 3.62. The second-order valence-electron chi connectivity index (χ2n) is 4.18. The van der Waals surface area contributed by atoms with Crippen LogP contribution in [0.2, 0.25) is 0 Å². The standard InChI is InChI=1S/C12H14N2OS/c1-2-10(1)11-8-16-12(14-11)6-13-5-9-3-4-15-7-9/h3-4,7-8,10,13H,1-2,5-6H2. The summed E-state index contributed by atoms with van der Waals surface area (Å²) in [6.07, 6.45) is 6.12. The molecular weight excluding hydrogens is 220 g/mol. The fraction of sp³-hybridized carbons (Fsp3) is 0.417. The summed E-state index contributed by atoms with van der Waals surface area (Å²) in [4.78, 5) is 4.62. The monoisotopic (exact) mass is 234 g/mol. The smallest absolute Gasteiger partial charge is 0.107 e. The van der Waals surface area contributed by atoms with Gasteiger partial charge in [-0.3, -0.25) is 0 Å². The molecule has 2 aromatic heterocycles. The van der Waals surface area contributed by atoms with E-state index in [1.165, 1.54) is 29.1 Å². The molecule has 0 unspecified atom stereocenters. The molecule has 0 atom stereocenters. The van der Waals surface area contributed by atoms with E-state index in [4.69, 9.17) is 4.42 Å². The Bertz CT molecular complexity index is 445. The quantitative estimate of drug-likeness (QED) is 0.864. The van der Waals surface area contributed by atoms with Gasteiger partial charge in [0.1, 0.15) is 5.01 Å². The van der Waals surface area contributed by atoms with Gasteiger partial charge in [-0.1, -0.05) is 0 Å². The lowest BCUT2D eigenvalue weighted by atomic mass is 10.3. The van der Waals surface area contributed by atoms with E-state index in [2.05, 4.69) is 15.7 Å². The third kappa shape index (κ3) is 2.33. The van der Waals surface area contributed by atoms with Crippen LogP contribution in [0.4, 0.5) is 0 Å². The lowest BCUT2D eigenvalue weighted by Gasteiger charge is -1.98. The topological polar surface area (TPSA) is 38.1 Å². The Hall–Kier alpha value is -1.13. The van der Waals surface area contributed by atoms with Gasteiger partial charge in [-0.15, -0.1) is 11.3 Å². The molecule has 0 amide bonds. The molecule has 0 aromatic carbocycles. The van der Waals surface area contributed by atoms with Crippen molar-refractivity contribution in [2.24, 2.45) is 0 Å². The Kier molecular flexibility index (Phi) is 2.76. The highest BCUT2D eigenvalue weighted by Crippen LogP contribution is 2.40. The minimum Gasteiger partial charge on any atom is -0.472 e. The normalized spacial score (nSPS) is 15.5. The van der Waals surface area contributed by atoms with Gasteiger partial charge in [0, 0.05) is 30.0 Å². The minimum absolute atomic E-state index is 0.763. The summed E-state index contributed by atoms with van der Waals surface area (Å²) in [7, 11) is 0. The van der Waals surface area contributed by atoms with Crippen molar-refractivity contribution in [3.63, 3.8) is 0 Å². The van der Waals surface area contributed by atoms with Crippen LogP contribution in [-0.4, -0.2) is 4.98 Å². The SMILES string of the molecule is c1cc(CNCc2nc(C3CC3)cs2)co1. The first-order chi connectivity index (χ1) is 7.92. The average molecular weight is 234 g/mol. The van der Waals surface area contributed by atoms with Crippen LogP contribution in [0, 0.1) is 0 Å². The number of nitrogens with one attached hydrogen (secondary N) is 1. The van der Waals surface area contributed by atoms with Crippen LogP contribution in [0.5, 0.6) is 0 Å². The molecule has 0 aliphatic heterocycles. The number of thiazole rings is 1. The van der Waals surface area contributed by atoms with Gasteiger partial charge in [-0.05, 0) is 18.9 Å². The number of hydrogen-bond acceptors (Lipinski definition) is 4.